The third kappa shape index (κ3) is 8.40. The molecule has 0 saturated carbocycles. The van der Waals surface area contributed by atoms with Gasteiger partial charge in [-0.3, -0.25) is 9.59 Å². The molecule has 0 unspecified atom stereocenters. The maximum absolute atomic E-state index is 13.2. The van der Waals surface area contributed by atoms with Crippen LogP contribution in [-0.2, 0) is 20.8 Å². The van der Waals surface area contributed by atoms with Gasteiger partial charge in [0.15, 0.2) is 0 Å². The summed E-state index contributed by atoms with van der Waals surface area (Å²) in [4.78, 5) is 37.6. The van der Waals surface area contributed by atoms with Gasteiger partial charge in [0.1, 0.15) is 12.1 Å². The smallest absolute Gasteiger partial charge is 0.326 e. The summed E-state index contributed by atoms with van der Waals surface area (Å²) in [5, 5.41) is 16.9. The number of nitrogens with one attached hydrogen (secondary N) is 2. The highest BCUT2D eigenvalue weighted by Crippen LogP contribution is 2.20. The minimum atomic E-state index is -1.13. The van der Waals surface area contributed by atoms with Crippen molar-refractivity contribution in [3.8, 4) is 0 Å². The van der Waals surface area contributed by atoms with Crippen molar-refractivity contribution in [1.29, 1.82) is 0 Å². The molecular weight excluding hydrogens is 434 g/mol. The minimum Gasteiger partial charge on any atom is -0.480 e. The Morgan fingerprint density at radius 3 is 2.09 bits per heavy atom. The first kappa shape index (κ1) is 27.2. The molecule has 0 aliphatic carbocycles. The van der Waals surface area contributed by atoms with E-state index in [2.05, 4.69) is 10.6 Å². The lowest BCUT2D eigenvalue weighted by Gasteiger charge is -2.23. The van der Waals surface area contributed by atoms with Crippen LogP contribution in [0.2, 0.25) is 0 Å². The normalized spacial score (nSPS) is 13.7. The molecule has 0 bridgehead atoms. The highest BCUT2D eigenvalue weighted by Gasteiger charge is 2.28. The topological polar surface area (TPSA) is 174 Å². The average molecular weight is 472 g/mol. The van der Waals surface area contributed by atoms with Crippen molar-refractivity contribution in [2.45, 2.75) is 63.1 Å². The first-order chi connectivity index (χ1) is 16.4. The standard InChI is InChI=1S/C25H37N5O4/c26-14-5-3-12-20(28)23(31)30-22(24(32)29-21(25(33)34)13-4-6-15-27)16-18-10-7-9-17-8-1-2-11-19(17)18/h1-2,7-11,20-22H,3-6,12-16,26-28H2,(H,29,32)(H,30,31)(H,33,34)/t20-,21-,22-/m0/s1. The summed E-state index contributed by atoms with van der Waals surface area (Å²) >= 11 is 0. The zero-order chi connectivity index (χ0) is 24.9. The Hall–Kier alpha value is -3.01. The molecule has 3 atom stereocenters. The van der Waals surface area contributed by atoms with Gasteiger partial charge in [-0.1, -0.05) is 48.9 Å². The molecule has 0 saturated heterocycles. The number of benzene rings is 2. The summed E-state index contributed by atoms with van der Waals surface area (Å²) in [6.07, 6.45) is 3.59. The summed E-state index contributed by atoms with van der Waals surface area (Å²) in [6, 6.07) is 10.7. The van der Waals surface area contributed by atoms with Crippen LogP contribution in [0, 0.1) is 0 Å². The molecular formula is C25H37N5O4. The molecule has 0 radical (unpaired) electrons. The predicted octanol–water partition coefficient (Wildman–Crippen LogP) is 1.02. The van der Waals surface area contributed by atoms with Crippen LogP contribution >= 0.6 is 0 Å². The van der Waals surface area contributed by atoms with E-state index in [-0.39, 0.29) is 12.8 Å². The maximum atomic E-state index is 13.2. The van der Waals surface area contributed by atoms with Crippen LogP contribution in [-0.4, -0.2) is 54.1 Å². The first-order valence-corrected chi connectivity index (χ1v) is 11.8. The number of hydrogen-bond donors (Lipinski definition) is 6. The van der Waals surface area contributed by atoms with Crippen molar-refractivity contribution in [1.82, 2.24) is 10.6 Å². The molecule has 9 heteroatoms. The average Bonchev–Trinajstić information content (AvgIpc) is 2.83. The molecule has 0 spiro atoms. The molecule has 2 amide bonds. The molecule has 0 aliphatic heterocycles. The van der Waals surface area contributed by atoms with Gasteiger partial charge in [-0.2, -0.15) is 0 Å². The number of fused-ring (bicyclic) bond motifs is 1. The molecule has 186 valence electrons. The number of carboxylic acid groups (broad SMARTS) is 1. The van der Waals surface area contributed by atoms with Crippen molar-refractivity contribution in [2.24, 2.45) is 17.2 Å². The summed E-state index contributed by atoms with van der Waals surface area (Å²) in [5.41, 5.74) is 17.9. The fourth-order valence-electron chi connectivity index (χ4n) is 3.84. The lowest BCUT2D eigenvalue weighted by molar-refractivity contribution is -0.142. The molecule has 34 heavy (non-hydrogen) atoms. The van der Waals surface area contributed by atoms with Crippen LogP contribution in [0.5, 0.6) is 0 Å². The van der Waals surface area contributed by atoms with Crippen molar-refractivity contribution in [3.05, 3.63) is 48.0 Å². The summed E-state index contributed by atoms with van der Waals surface area (Å²) in [7, 11) is 0. The number of aliphatic carboxylic acids is 1. The molecule has 2 aromatic carbocycles. The van der Waals surface area contributed by atoms with Gasteiger partial charge in [0.25, 0.3) is 0 Å². The highest BCUT2D eigenvalue weighted by molar-refractivity contribution is 5.93. The lowest BCUT2D eigenvalue weighted by atomic mass is 9.97. The second-order valence-electron chi connectivity index (χ2n) is 8.48. The first-order valence-electron chi connectivity index (χ1n) is 11.8. The Morgan fingerprint density at radius 1 is 0.794 bits per heavy atom. The molecule has 0 heterocycles. The molecule has 0 fully saturated rings. The molecule has 2 aromatic rings. The van der Waals surface area contributed by atoms with E-state index in [1.54, 1.807) is 0 Å². The maximum Gasteiger partial charge on any atom is 0.326 e. The van der Waals surface area contributed by atoms with Crippen LogP contribution in [0.25, 0.3) is 10.8 Å². The monoisotopic (exact) mass is 471 g/mol. The molecule has 2 rings (SSSR count). The highest BCUT2D eigenvalue weighted by atomic mass is 16.4. The van der Waals surface area contributed by atoms with E-state index < -0.39 is 35.9 Å². The van der Waals surface area contributed by atoms with Gasteiger partial charge < -0.3 is 32.9 Å². The van der Waals surface area contributed by atoms with Crippen molar-refractivity contribution >= 4 is 28.6 Å². The van der Waals surface area contributed by atoms with Gasteiger partial charge in [-0.15, -0.1) is 0 Å². The largest absolute Gasteiger partial charge is 0.480 e. The Labute approximate surface area is 200 Å². The van der Waals surface area contributed by atoms with Crippen molar-refractivity contribution in [2.75, 3.05) is 13.1 Å². The van der Waals surface area contributed by atoms with Crippen LogP contribution in [0.3, 0.4) is 0 Å². The molecule has 9 nitrogen and oxygen atoms in total. The predicted molar refractivity (Wildman–Crippen MR) is 133 cm³/mol. The Bertz CT molecular complexity index is 947. The van der Waals surface area contributed by atoms with E-state index in [0.29, 0.717) is 38.8 Å². The molecule has 0 aliphatic rings. The fourth-order valence-corrected chi connectivity index (χ4v) is 3.84. The van der Waals surface area contributed by atoms with E-state index in [1.807, 2.05) is 42.5 Å². The lowest BCUT2D eigenvalue weighted by Crippen LogP contribution is -2.55. The summed E-state index contributed by atoms with van der Waals surface area (Å²) < 4.78 is 0. The van der Waals surface area contributed by atoms with E-state index in [9.17, 15) is 19.5 Å². The van der Waals surface area contributed by atoms with E-state index in [0.717, 1.165) is 22.8 Å². The SMILES string of the molecule is NCCCC[C@H](NC(=O)[C@H](Cc1cccc2ccccc12)NC(=O)[C@@H](N)CCCCN)C(=O)O. The minimum absolute atomic E-state index is 0.198. The number of hydrogen-bond acceptors (Lipinski definition) is 6. The van der Waals surface area contributed by atoms with E-state index in [4.69, 9.17) is 17.2 Å². The van der Waals surface area contributed by atoms with Gasteiger partial charge in [0.05, 0.1) is 6.04 Å². The molecule has 9 N–H and O–H groups in total. The number of carboxylic acids is 1. The van der Waals surface area contributed by atoms with Gasteiger partial charge in [-0.05, 0) is 61.5 Å². The Balaban J connectivity index is 2.22. The van der Waals surface area contributed by atoms with Gasteiger partial charge in [0, 0.05) is 6.42 Å². The number of carbonyl (C=O) groups is 3. The second kappa shape index (κ2) is 14.3. The van der Waals surface area contributed by atoms with Gasteiger partial charge in [-0.25, -0.2) is 4.79 Å². The van der Waals surface area contributed by atoms with Gasteiger partial charge in [0.2, 0.25) is 11.8 Å². The quantitative estimate of drug-likeness (QED) is 0.210. The van der Waals surface area contributed by atoms with Crippen molar-refractivity contribution in [3.63, 3.8) is 0 Å². The second-order valence-corrected chi connectivity index (χ2v) is 8.48. The third-order valence-corrected chi connectivity index (χ3v) is 5.80. The van der Waals surface area contributed by atoms with Crippen LogP contribution in [0.4, 0.5) is 0 Å². The Morgan fingerprint density at radius 2 is 1.41 bits per heavy atom. The number of unbranched alkanes of at least 4 members (excludes halogenated alkanes) is 2. The number of rotatable bonds is 15. The fraction of sp³-hybridized carbons (Fsp3) is 0.480. The zero-order valence-electron chi connectivity index (χ0n) is 19.5. The van der Waals surface area contributed by atoms with Crippen LogP contribution in [0.1, 0.15) is 44.1 Å². The summed E-state index contributed by atoms with van der Waals surface area (Å²) in [5.74, 6) is -2.14. The van der Waals surface area contributed by atoms with Crippen molar-refractivity contribution < 1.29 is 19.5 Å². The van der Waals surface area contributed by atoms with Crippen LogP contribution < -0.4 is 27.8 Å². The number of nitrogens with two attached hydrogens (primary N) is 3. The number of amides is 2. The Kier molecular flexibility index (Phi) is 11.5. The number of carbonyl (C=O) groups excluding carboxylic acids is 2. The molecule has 0 aromatic heterocycles. The van der Waals surface area contributed by atoms with E-state index >= 15 is 0 Å². The van der Waals surface area contributed by atoms with Crippen LogP contribution in [0.15, 0.2) is 42.5 Å². The third-order valence-electron chi connectivity index (χ3n) is 5.80. The van der Waals surface area contributed by atoms with Gasteiger partial charge >= 0.3 is 5.97 Å². The summed E-state index contributed by atoms with van der Waals surface area (Å²) in [6.45, 7) is 0.962. The van der Waals surface area contributed by atoms with E-state index in [1.165, 1.54) is 0 Å². The zero-order valence-corrected chi connectivity index (χ0v) is 19.5.